The number of nitrogens with one attached hydrogen (secondary N) is 2. The molecule has 2 aromatic rings. The Morgan fingerprint density at radius 3 is 2.57 bits per heavy atom. The largest absolute Gasteiger partial charge is 0.462 e. The van der Waals surface area contributed by atoms with Crippen molar-refractivity contribution in [3.63, 3.8) is 0 Å². The first-order valence-corrected chi connectivity index (χ1v) is 10.6. The number of rotatable bonds is 5. The second-order valence-corrected chi connectivity index (χ2v) is 8.45. The first kappa shape index (κ1) is 18.9. The van der Waals surface area contributed by atoms with E-state index in [1.54, 1.807) is 24.3 Å². The molecule has 0 unspecified atom stereocenters. The van der Waals surface area contributed by atoms with Gasteiger partial charge in [-0.15, -0.1) is 0 Å². The van der Waals surface area contributed by atoms with Gasteiger partial charge in [-0.3, -0.25) is 14.4 Å². The number of para-hydroxylation sites is 1. The molecule has 0 radical (unpaired) electrons. The number of carbonyl (C=O) groups is 3. The molecule has 0 aromatic heterocycles. The van der Waals surface area contributed by atoms with Gasteiger partial charge in [0.25, 0.3) is 5.91 Å². The van der Waals surface area contributed by atoms with Crippen molar-refractivity contribution in [2.24, 2.45) is 23.7 Å². The van der Waals surface area contributed by atoms with Crippen LogP contribution in [0.4, 0.5) is 11.4 Å². The molecule has 3 fully saturated rings. The van der Waals surface area contributed by atoms with Crippen LogP contribution in [0, 0.1) is 23.7 Å². The zero-order valence-electron chi connectivity index (χ0n) is 16.8. The van der Waals surface area contributed by atoms with Gasteiger partial charge >= 0.3 is 5.97 Å². The third-order valence-electron chi connectivity index (χ3n) is 6.85. The molecular formula is C24H24N2O4. The van der Waals surface area contributed by atoms with Crippen LogP contribution in [0.2, 0.25) is 0 Å². The van der Waals surface area contributed by atoms with E-state index in [2.05, 4.69) is 10.6 Å². The second kappa shape index (κ2) is 7.27. The van der Waals surface area contributed by atoms with Crippen molar-refractivity contribution < 1.29 is 19.1 Å². The summed E-state index contributed by atoms with van der Waals surface area (Å²) in [7, 11) is 0. The molecule has 3 aliphatic rings. The lowest BCUT2D eigenvalue weighted by molar-refractivity contribution is -0.145. The van der Waals surface area contributed by atoms with Gasteiger partial charge in [-0.1, -0.05) is 25.1 Å². The summed E-state index contributed by atoms with van der Waals surface area (Å²) >= 11 is 0. The van der Waals surface area contributed by atoms with E-state index < -0.39 is 0 Å². The first-order chi connectivity index (χ1) is 14.5. The minimum absolute atomic E-state index is 0.0205. The van der Waals surface area contributed by atoms with Gasteiger partial charge in [0.2, 0.25) is 5.91 Å². The topological polar surface area (TPSA) is 84.5 Å². The van der Waals surface area contributed by atoms with Crippen LogP contribution in [0.5, 0.6) is 0 Å². The number of fused-ring (bicyclic) bond motifs is 1. The number of benzene rings is 2. The number of ether oxygens (including phenoxy) is 1. The number of amides is 2. The van der Waals surface area contributed by atoms with Crippen molar-refractivity contribution in [3.8, 4) is 0 Å². The lowest BCUT2D eigenvalue weighted by Crippen LogP contribution is -2.35. The van der Waals surface area contributed by atoms with E-state index in [0.717, 1.165) is 30.5 Å². The molecule has 154 valence electrons. The van der Waals surface area contributed by atoms with Crippen molar-refractivity contribution in [1.29, 1.82) is 0 Å². The molecule has 2 saturated carbocycles. The molecule has 1 heterocycles. The third-order valence-corrected chi connectivity index (χ3v) is 6.85. The van der Waals surface area contributed by atoms with Crippen molar-refractivity contribution in [3.05, 3.63) is 59.7 Å². The average molecular weight is 404 g/mol. The maximum Gasteiger partial charge on any atom is 0.310 e. The molecule has 0 spiro atoms. The van der Waals surface area contributed by atoms with E-state index >= 15 is 0 Å². The highest BCUT2D eigenvalue weighted by Gasteiger charge is 2.63. The molecule has 2 N–H and O–H groups in total. The molecule has 5 rings (SSSR count). The Morgan fingerprint density at radius 2 is 1.80 bits per heavy atom. The standard InChI is InChI=1S/C24H24N2O4/c1-2-13-5-3-4-6-18(13)26-22(27)14-7-9-16(10-8-14)25-23(28)20-15-11-17-19(12-15)30-24(29)21(17)20/h3-10,15,17,19-21H,2,11-12H2,1H3,(H,25,28)(H,26,27)/t15-,17+,19+,20-,21-/m1/s1. The van der Waals surface area contributed by atoms with Crippen LogP contribution in [0.15, 0.2) is 48.5 Å². The molecule has 1 saturated heterocycles. The lowest BCUT2D eigenvalue weighted by Gasteiger charge is -2.23. The number of anilines is 2. The molecule has 2 aliphatic carbocycles. The maximum absolute atomic E-state index is 12.9. The van der Waals surface area contributed by atoms with Gasteiger partial charge in [0.05, 0.1) is 11.8 Å². The Hall–Kier alpha value is -3.15. The normalized spacial score (nSPS) is 28.3. The highest BCUT2D eigenvalue weighted by atomic mass is 16.6. The van der Waals surface area contributed by atoms with Crippen molar-refractivity contribution >= 4 is 29.2 Å². The van der Waals surface area contributed by atoms with Gasteiger partial charge in [0, 0.05) is 22.9 Å². The average Bonchev–Trinajstić information content (AvgIpc) is 3.37. The van der Waals surface area contributed by atoms with Crippen LogP contribution in [0.3, 0.4) is 0 Å². The van der Waals surface area contributed by atoms with Crippen LogP contribution in [0.1, 0.15) is 35.7 Å². The molecule has 2 aromatic carbocycles. The zero-order chi connectivity index (χ0) is 20.8. The van der Waals surface area contributed by atoms with Crippen LogP contribution < -0.4 is 10.6 Å². The number of hydrogen-bond acceptors (Lipinski definition) is 4. The molecule has 2 amide bonds. The van der Waals surface area contributed by atoms with Crippen LogP contribution >= 0.6 is 0 Å². The first-order valence-electron chi connectivity index (χ1n) is 10.6. The van der Waals surface area contributed by atoms with E-state index in [9.17, 15) is 14.4 Å². The van der Waals surface area contributed by atoms with Crippen LogP contribution in [-0.4, -0.2) is 23.9 Å². The molecule has 5 atom stereocenters. The van der Waals surface area contributed by atoms with E-state index in [1.807, 2.05) is 31.2 Å². The van der Waals surface area contributed by atoms with Crippen molar-refractivity contribution in [2.75, 3.05) is 10.6 Å². The summed E-state index contributed by atoms with van der Waals surface area (Å²) in [6.45, 7) is 2.05. The highest BCUT2D eigenvalue weighted by molar-refractivity contribution is 6.05. The van der Waals surface area contributed by atoms with E-state index in [0.29, 0.717) is 11.3 Å². The number of esters is 1. The second-order valence-electron chi connectivity index (χ2n) is 8.45. The fraction of sp³-hybridized carbons (Fsp3) is 0.375. The van der Waals surface area contributed by atoms with Gasteiger partial charge in [0.15, 0.2) is 0 Å². The molecule has 2 bridgehead atoms. The fourth-order valence-electron chi connectivity index (χ4n) is 5.44. The van der Waals surface area contributed by atoms with Crippen molar-refractivity contribution in [1.82, 2.24) is 0 Å². The summed E-state index contributed by atoms with van der Waals surface area (Å²) in [6, 6.07) is 14.6. The highest BCUT2D eigenvalue weighted by Crippen LogP contribution is 2.57. The minimum Gasteiger partial charge on any atom is -0.462 e. The van der Waals surface area contributed by atoms with Gasteiger partial charge in [-0.25, -0.2) is 0 Å². The van der Waals surface area contributed by atoms with Crippen molar-refractivity contribution in [2.45, 2.75) is 32.3 Å². The Labute approximate surface area is 175 Å². The van der Waals surface area contributed by atoms with Gasteiger partial charge in [-0.05, 0) is 61.1 Å². The molecule has 6 nitrogen and oxygen atoms in total. The Bertz CT molecular complexity index is 1010. The van der Waals surface area contributed by atoms with Gasteiger partial charge in [0.1, 0.15) is 6.10 Å². The summed E-state index contributed by atoms with van der Waals surface area (Å²) in [5.74, 6) is -0.715. The molecule has 30 heavy (non-hydrogen) atoms. The molecule has 6 heteroatoms. The van der Waals surface area contributed by atoms with E-state index in [-0.39, 0.29) is 47.6 Å². The summed E-state index contributed by atoms with van der Waals surface area (Å²) < 4.78 is 5.41. The quantitative estimate of drug-likeness (QED) is 0.745. The summed E-state index contributed by atoms with van der Waals surface area (Å²) in [4.78, 5) is 37.6. The number of aryl methyl sites for hydroxylation is 1. The van der Waals surface area contributed by atoms with Crippen LogP contribution in [0.25, 0.3) is 0 Å². The monoisotopic (exact) mass is 404 g/mol. The third kappa shape index (κ3) is 3.07. The SMILES string of the molecule is CCc1ccccc1NC(=O)c1ccc(NC(=O)[C@@H]2[C@@H]3C[C@@H]4[C@H]2C(=O)O[C@H]4C3)cc1. The van der Waals surface area contributed by atoms with E-state index in [1.165, 1.54) is 0 Å². The zero-order valence-corrected chi connectivity index (χ0v) is 16.8. The summed E-state index contributed by atoms with van der Waals surface area (Å²) in [6.07, 6.45) is 2.55. The summed E-state index contributed by atoms with van der Waals surface area (Å²) in [5.41, 5.74) is 3.02. The maximum atomic E-state index is 12.9. The Balaban J connectivity index is 1.25. The van der Waals surface area contributed by atoms with E-state index in [4.69, 9.17) is 4.74 Å². The fourth-order valence-corrected chi connectivity index (χ4v) is 5.44. The van der Waals surface area contributed by atoms with Gasteiger partial charge < -0.3 is 15.4 Å². The number of carbonyl (C=O) groups excluding carboxylic acids is 3. The number of hydrogen-bond donors (Lipinski definition) is 2. The predicted octanol–water partition coefficient (Wildman–Crippen LogP) is 3.64. The predicted molar refractivity (Wildman–Crippen MR) is 112 cm³/mol. The lowest BCUT2D eigenvalue weighted by atomic mass is 9.79. The minimum atomic E-state index is -0.310. The van der Waals surface area contributed by atoms with Gasteiger partial charge in [-0.2, -0.15) is 0 Å². The molecule has 1 aliphatic heterocycles. The Morgan fingerprint density at radius 1 is 1.03 bits per heavy atom. The smallest absolute Gasteiger partial charge is 0.310 e. The van der Waals surface area contributed by atoms with Crippen LogP contribution in [-0.2, 0) is 20.7 Å². The molecular weight excluding hydrogens is 380 g/mol. The Kier molecular flexibility index (Phi) is 4.57. The summed E-state index contributed by atoms with van der Waals surface area (Å²) in [5, 5.41) is 5.87.